The van der Waals surface area contributed by atoms with Gasteiger partial charge in [-0.1, -0.05) is 36.4 Å². The molecule has 160 valence electrons. The van der Waals surface area contributed by atoms with Crippen molar-refractivity contribution in [2.75, 3.05) is 17.2 Å². The first kappa shape index (κ1) is 22.4. The Morgan fingerprint density at radius 2 is 1.87 bits per heavy atom. The van der Waals surface area contributed by atoms with E-state index in [1.165, 1.54) is 17.4 Å². The van der Waals surface area contributed by atoms with E-state index >= 15 is 0 Å². The highest BCUT2D eigenvalue weighted by molar-refractivity contribution is 7.80. The molecule has 9 heteroatoms. The molecule has 31 heavy (non-hydrogen) atoms. The maximum Gasteiger partial charge on any atom is 0.341 e. The minimum absolute atomic E-state index is 0.00153. The maximum absolute atomic E-state index is 12.8. The van der Waals surface area contributed by atoms with Crippen molar-refractivity contribution in [3.8, 4) is 11.1 Å². The van der Waals surface area contributed by atoms with Gasteiger partial charge in [-0.25, -0.2) is 4.79 Å². The molecule has 0 saturated carbocycles. The van der Waals surface area contributed by atoms with Gasteiger partial charge in [0.1, 0.15) is 10.6 Å². The molecule has 0 aliphatic heterocycles. The number of carbonyl (C=O) groups is 1. The molecule has 2 N–H and O–H groups in total. The van der Waals surface area contributed by atoms with E-state index < -0.39 is 10.9 Å². The minimum atomic E-state index is -0.443. The lowest BCUT2D eigenvalue weighted by molar-refractivity contribution is -0.385. The largest absolute Gasteiger partial charge is 0.462 e. The first-order valence-corrected chi connectivity index (χ1v) is 10.7. The second kappa shape index (κ2) is 9.67. The van der Waals surface area contributed by atoms with E-state index in [0.717, 1.165) is 16.0 Å². The average molecular weight is 456 g/mol. The second-order valence-corrected chi connectivity index (χ2v) is 8.29. The van der Waals surface area contributed by atoms with Crippen LogP contribution in [-0.2, 0) is 4.74 Å². The van der Waals surface area contributed by atoms with Gasteiger partial charge in [-0.3, -0.25) is 10.1 Å². The number of hydrogen-bond acceptors (Lipinski definition) is 6. The molecule has 1 aromatic heterocycles. The monoisotopic (exact) mass is 455 g/mol. The topological polar surface area (TPSA) is 93.5 Å². The van der Waals surface area contributed by atoms with Crippen molar-refractivity contribution in [3.05, 3.63) is 74.6 Å². The molecule has 3 rings (SSSR count). The molecule has 0 bridgehead atoms. The van der Waals surface area contributed by atoms with Crippen LogP contribution in [-0.4, -0.2) is 22.6 Å². The zero-order valence-electron chi connectivity index (χ0n) is 17.2. The normalized spacial score (nSPS) is 10.4. The van der Waals surface area contributed by atoms with Gasteiger partial charge in [0, 0.05) is 27.8 Å². The summed E-state index contributed by atoms with van der Waals surface area (Å²) >= 11 is 6.79. The van der Waals surface area contributed by atoms with E-state index in [9.17, 15) is 14.9 Å². The van der Waals surface area contributed by atoms with Crippen LogP contribution in [0.1, 0.15) is 27.7 Å². The quantitative estimate of drug-likeness (QED) is 0.206. The van der Waals surface area contributed by atoms with Crippen molar-refractivity contribution in [1.82, 2.24) is 0 Å². The Morgan fingerprint density at radius 3 is 2.52 bits per heavy atom. The molecule has 0 atom stereocenters. The van der Waals surface area contributed by atoms with Crippen LogP contribution in [0.5, 0.6) is 0 Å². The van der Waals surface area contributed by atoms with E-state index in [4.69, 9.17) is 17.0 Å². The summed E-state index contributed by atoms with van der Waals surface area (Å²) in [5.74, 6) is -0.443. The van der Waals surface area contributed by atoms with Gasteiger partial charge >= 0.3 is 5.97 Å². The third kappa shape index (κ3) is 5.07. The summed E-state index contributed by atoms with van der Waals surface area (Å²) in [6.45, 7) is 5.60. The molecule has 1 heterocycles. The van der Waals surface area contributed by atoms with Crippen LogP contribution in [0.4, 0.5) is 16.4 Å². The average Bonchev–Trinajstić information content (AvgIpc) is 3.05. The summed E-state index contributed by atoms with van der Waals surface area (Å²) < 4.78 is 5.29. The second-order valence-electron chi connectivity index (χ2n) is 6.66. The van der Waals surface area contributed by atoms with Crippen molar-refractivity contribution in [1.29, 1.82) is 0 Å². The molecule has 2 aromatic carbocycles. The predicted octanol–water partition coefficient (Wildman–Crippen LogP) is 5.93. The van der Waals surface area contributed by atoms with Crippen LogP contribution in [0.15, 0.2) is 48.5 Å². The minimum Gasteiger partial charge on any atom is -0.462 e. The molecule has 0 amide bonds. The van der Waals surface area contributed by atoms with Crippen LogP contribution in [0.25, 0.3) is 11.1 Å². The van der Waals surface area contributed by atoms with Gasteiger partial charge in [0.05, 0.1) is 11.5 Å². The molecule has 0 aliphatic rings. The molecule has 0 radical (unpaired) electrons. The summed E-state index contributed by atoms with van der Waals surface area (Å²) in [5.41, 5.74) is 3.14. The number of carbonyl (C=O) groups excluding carboxylic acids is 1. The van der Waals surface area contributed by atoms with Crippen molar-refractivity contribution in [2.45, 2.75) is 20.8 Å². The molecule has 3 aromatic rings. The van der Waals surface area contributed by atoms with E-state index in [-0.39, 0.29) is 17.4 Å². The van der Waals surface area contributed by atoms with Gasteiger partial charge in [0.25, 0.3) is 5.69 Å². The lowest BCUT2D eigenvalue weighted by Crippen LogP contribution is -2.20. The van der Waals surface area contributed by atoms with E-state index in [0.29, 0.717) is 21.8 Å². The number of nitrogens with zero attached hydrogens (tertiary/aromatic N) is 1. The molecule has 0 fully saturated rings. The van der Waals surface area contributed by atoms with Gasteiger partial charge in [-0.2, -0.15) is 0 Å². The smallest absolute Gasteiger partial charge is 0.341 e. The molecule has 7 nitrogen and oxygen atoms in total. The Labute approximate surface area is 189 Å². The van der Waals surface area contributed by atoms with E-state index in [1.807, 2.05) is 37.3 Å². The lowest BCUT2D eigenvalue weighted by Gasteiger charge is -2.12. The maximum atomic E-state index is 12.8. The third-order valence-corrected chi connectivity index (χ3v) is 5.74. The van der Waals surface area contributed by atoms with Gasteiger partial charge in [0.2, 0.25) is 0 Å². The van der Waals surface area contributed by atoms with Crippen LogP contribution in [0.2, 0.25) is 0 Å². The molecule has 0 spiro atoms. The first-order valence-electron chi connectivity index (χ1n) is 9.50. The van der Waals surface area contributed by atoms with Crippen LogP contribution in [0, 0.1) is 24.0 Å². The Bertz CT molecular complexity index is 1140. The zero-order chi connectivity index (χ0) is 22.5. The summed E-state index contributed by atoms with van der Waals surface area (Å²) in [6.07, 6.45) is 0. The lowest BCUT2D eigenvalue weighted by atomic mass is 10.0. The highest BCUT2D eigenvalue weighted by Gasteiger charge is 2.25. The number of thiophene rings is 1. The van der Waals surface area contributed by atoms with Crippen molar-refractivity contribution in [3.63, 3.8) is 0 Å². The van der Waals surface area contributed by atoms with Gasteiger partial charge in [0.15, 0.2) is 5.11 Å². The number of aryl methyl sites for hydroxylation is 2. The van der Waals surface area contributed by atoms with Crippen molar-refractivity contribution >= 4 is 51.0 Å². The van der Waals surface area contributed by atoms with Crippen molar-refractivity contribution < 1.29 is 14.5 Å². The predicted molar refractivity (Wildman–Crippen MR) is 128 cm³/mol. The van der Waals surface area contributed by atoms with Gasteiger partial charge < -0.3 is 15.4 Å². The SMILES string of the molecule is CCOC(=O)c1c(NC(=S)Nc2ccc(C)c([N+](=O)[O-])c2)sc(C)c1-c1ccccc1. The number of nitro groups is 1. The van der Waals surface area contributed by atoms with Crippen LogP contribution < -0.4 is 10.6 Å². The zero-order valence-corrected chi connectivity index (χ0v) is 18.9. The molecule has 0 unspecified atom stereocenters. The summed E-state index contributed by atoms with van der Waals surface area (Å²) in [6, 6.07) is 14.4. The molecule has 0 saturated heterocycles. The number of benzene rings is 2. The number of nitro benzene ring substituents is 1. The van der Waals surface area contributed by atoms with Crippen molar-refractivity contribution in [2.24, 2.45) is 0 Å². The Morgan fingerprint density at radius 1 is 1.16 bits per heavy atom. The van der Waals surface area contributed by atoms with Gasteiger partial charge in [-0.05, 0) is 44.6 Å². The molecule has 0 aliphatic carbocycles. The number of rotatable bonds is 6. The Balaban J connectivity index is 1.92. The van der Waals surface area contributed by atoms with Gasteiger partial charge in [-0.15, -0.1) is 11.3 Å². The fourth-order valence-corrected chi connectivity index (χ4v) is 4.49. The van der Waals surface area contributed by atoms with Crippen LogP contribution >= 0.6 is 23.6 Å². The highest BCUT2D eigenvalue weighted by atomic mass is 32.1. The number of thiocarbonyl (C=S) groups is 1. The summed E-state index contributed by atoms with van der Waals surface area (Å²) in [7, 11) is 0. The fraction of sp³-hybridized carbons (Fsp3) is 0.182. The molecular weight excluding hydrogens is 434 g/mol. The number of nitrogens with one attached hydrogen (secondary N) is 2. The Hall–Kier alpha value is -3.30. The number of hydrogen-bond donors (Lipinski definition) is 2. The summed E-state index contributed by atoms with van der Waals surface area (Å²) in [5, 5.41) is 18.0. The third-order valence-electron chi connectivity index (χ3n) is 4.52. The number of anilines is 2. The fourth-order valence-electron chi connectivity index (χ4n) is 3.13. The molecular formula is C22H21N3O4S2. The summed E-state index contributed by atoms with van der Waals surface area (Å²) in [4.78, 5) is 24.5. The van der Waals surface area contributed by atoms with E-state index in [1.54, 1.807) is 26.0 Å². The number of esters is 1. The van der Waals surface area contributed by atoms with Crippen LogP contribution in [0.3, 0.4) is 0 Å². The Kier molecular flexibility index (Phi) is 6.98. The van der Waals surface area contributed by atoms with E-state index in [2.05, 4.69) is 10.6 Å². The highest BCUT2D eigenvalue weighted by Crippen LogP contribution is 2.40. The number of ether oxygens (including phenoxy) is 1. The standard InChI is InChI=1S/C22H21N3O4S2/c1-4-29-21(26)19-18(15-8-6-5-7-9-15)14(3)31-20(19)24-22(30)23-16-11-10-13(2)17(12-16)25(27)28/h5-12H,4H2,1-3H3,(H2,23,24,30). The first-order chi connectivity index (χ1) is 14.8.